The van der Waals surface area contributed by atoms with E-state index in [1.54, 1.807) is 43.6 Å². The fourth-order valence-corrected chi connectivity index (χ4v) is 2.22. The van der Waals surface area contributed by atoms with Crippen molar-refractivity contribution >= 4 is 23.4 Å². The highest BCUT2D eigenvalue weighted by Gasteiger charge is 2.16. The van der Waals surface area contributed by atoms with Gasteiger partial charge in [-0.05, 0) is 19.1 Å². The summed E-state index contributed by atoms with van der Waals surface area (Å²) in [5.41, 5.74) is 0.980. The molecule has 0 aliphatic heterocycles. The molecule has 1 amide bonds. The standard InChI is InChI=1S/C13H12N4OS/c1-9(19-13-15-6-7-16-13)12(18)17-11-5-3-2-4-10(11)8-14/h2-7,9H,1H3,(H,15,16)(H,17,18). The molecule has 0 aliphatic carbocycles. The van der Waals surface area contributed by atoms with E-state index in [1.807, 2.05) is 6.07 Å². The summed E-state index contributed by atoms with van der Waals surface area (Å²) in [6.07, 6.45) is 3.34. The van der Waals surface area contributed by atoms with Gasteiger partial charge in [-0.1, -0.05) is 23.9 Å². The quantitative estimate of drug-likeness (QED) is 0.837. The Morgan fingerprint density at radius 3 is 3.00 bits per heavy atom. The Labute approximate surface area is 115 Å². The molecule has 1 aromatic carbocycles. The number of rotatable bonds is 4. The number of thioether (sulfide) groups is 1. The Bertz CT molecular complexity index is 603. The lowest BCUT2D eigenvalue weighted by Gasteiger charge is -2.11. The van der Waals surface area contributed by atoms with Gasteiger partial charge in [0.15, 0.2) is 5.16 Å². The molecular weight excluding hydrogens is 260 g/mol. The monoisotopic (exact) mass is 272 g/mol. The van der Waals surface area contributed by atoms with E-state index in [0.29, 0.717) is 16.4 Å². The van der Waals surface area contributed by atoms with E-state index < -0.39 is 0 Å². The molecular formula is C13H12N4OS. The number of aromatic nitrogens is 2. The number of hydrogen-bond acceptors (Lipinski definition) is 4. The van der Waals surface area contributed by atoms with Gasteiger partial charge in [-0.15, -0.1) is 0 Å². The van der Waals surface area contributed by atoms with Gasteiger partial charge in [-0.2, -0.15) is 5.26 Å². The van der Waals surface area contributed by atoms with Crippen LogP contribution in [0, 0.1) is 11.3 Å². The first-order chi connectivity index (χ1) is 9.20. The summed E-state index contributed by atoms with van der Waals surface area (Å²) in [5.74, 6) is -0.163. The molecule has 2 rings (SSSR count). The summed E-state index contributed by atoms with van der Waals surface area (Å²) in [6, 6.07) is 8.96. The second-order valence-corrected chi connectivity index (χ2v) is 5.13. The fraction of sp³-hybridized carbons (Fsp3) is 0.154. The Morgan fingerprint density at radius 1 is 1.53 bits per heavy atom. The summed E-state index contributed by atoms with van der Waals surface area (Å²) in [6.45, 7) is 1.79. The third-order valence-corrected chi connectivity index (χ3v) is 3.45. The number of nitrogens with one attached hydrogen (secondary N) is 2. The van der Waals surface area contributed by atoms with Crippen molar-refractivity contribution < 1.29 is 4.79 Å². The van der Waals surface area contributed by atoms with E-state index in [4.69, 9.17) is 5.26 Å². The number of carbonyl (C=O) groups excluding carboxylic acids is 1. The summed E-state index contributed by atoms with van der Waals surface area (Å²) < 4.78 is 0. The predicted octanol–water partition coefficient (Wildman–Crippen LogP) is 2.40. The minimum atomic E-state index is -0.308. The lowest BCUT2D eigenvalue weighted by Crippen LogP contribution is -2.23. The van der Waals surface area contributed by atoms with Crippen molar-refractivity contribution in [3.8, 4) is 6.07 Å². The zero-order valence-electron chi connectivity index (χ0n) is 10.3. The van der Waals surface area contributed by atoms with Crippen LogP contribution in [0.25, 0.3) is 0 Å². The normalized spacial score (nSPS) is 11.6. The molecule has 1 heterocycles. The average molecular weight is 272 g/mol. The first-order valence-electron chi connectivity index (χ1n) is 5.66. The Balaban J connectivity index is 2.03. The van der Waals surface area contributed by atoms with Crippen molar-refractivity contribution in [2.75, 3.05) is 5.32 Å². The average Bonchev–Trinajstić information content (AvgIpc) is 2.92. The number of para-hydroxylation sites is 1. The zero-order valence-corrected chi connectivity index (χ0v) is 11.1. The van der Waals surface area contributed by atoms with Crippen LogP contribution in [0.3, 0.4) is 0 Å². The van der Waals surface area contributed by atoms with Crippen LogP contribution < -0.4 is 5.32 Å². The van der Waals surface area contributed by atoms with Gasteiger partial charge < -0.3 is 10.3 Å². The molecule has 1 unspecified atom stereocenters. The number of aromatic amines is 1. The van der Waals surface area contributed by atoms with Gasteiger partial charge in [0.25, 0.3) is 0 Å². The SMILES string of the molecule is CC(Sc1ncc[nH]1)C(=O)Nc1ccccc1C#N. The molecule has 96 valence electrons. The molecule has 5 nitrogen and oxygen atoms in total. The molecule has 0 spiro atoms. The van der Waals surface area contributed by atoms with E-state index in [2.05, 4.69) is 15.3 Å². The maximum absolute atomic E-state index is 12.0. The smallest absolute Gasteiger partial charge is 0.237 e. The number of imidazole rings is 1. The molecule has 2 N–H and O–H groups in total. The van der Waals surface area contributed by atoms with Gasteiger partial charge in [-0.25, -0.2) is 4.98 Å². The molecule has 0 saturated heterocycles. The van der Waals surface area contributed by atoms with Gasteiger partial charge in [-0.3, -0.25) is 4.79 Å². The minimum Gasteiger partial charge on any atom is -0.340 e. The molecule has 0 fully saturated rings. The number of carbonyl (C=O) groups is 1. The highest BCUT2D eigenvalue weighted by molar-refractivity contribution is 8.00. The van der Waals surface area contributed by atoms with Crippen molar-refractivity contribution in [3.05, 3.63) is 42.2 Å². The van der Waals surface area contributed by atoms with Gasteiger partial charge in [0.2, 0.25) is 5.91 Å². The number of hydrogen-bond donors (Lipinski definition) is 2. The number of nitrogens with zero attached hydrogens (tertiary/aromatic N) is 2. The molecule has 0 radical (unpaired) electrons. The topological polar surface area (TPSA) is 81.6 Å². The molecule has 1 aromatic heterocycles. The lowest BCUT2D eigenvalue weighted by atomic mass is 10.2. The highest BCUT2D eigenvalue weighted by Crippen LogP contribution is 2.21. The van der Waals surface area contributed by atoms with Crippen molar-refractivity contribution in [2.45, 2.75) is 17.3 Å². The van der Waals surface area contributed by atoms with Crippen LogP contribution in [-0.4, -0.2) is 21.1 Å². The Hall–Kier alpha value is -2.26. The van der Waals surface area contributed by atoms with Crippen LogP contribution in [0.2, 0.25) is 0 Å². The van der Waals surface area contributed by atoms with E-state index >= 15 is 0 Å². The highest BCUT2D eigenvalue weighted by atomic mass is 32.2. The van der Waals surface area contributed by atoms with Crippen LogP contribution in [0.5, 0.6) is 0 Å². The van der Waals surface area contributed by atoms with Crippen molar-refractivity contribution in [2.24, 2.45) is 0 Å². The van der Waals surface area contributed by atoms with Crippen LogP contribution in [0.4, 0.5) is 5.69 Å². The molecule has 0 saturated carbocycles. The number of nitriles is 1. The Kier molecular flexibility index (Phi) is 4.21. The zero-order chi connectivity index (χ0) is 13.7. The second-order valence-electron chi connectivity index (χ2n) is 3.80. The molecule has 0 aliphatic rings. The minimum absolute atomic E-state index is 0.163. The van der Waals surface area contributed by atoms with Crippen LogP contribution in [0.1, 0.15) is 12.5 Å². The maximum Gasteiger partial charge on any atom is 0.237 e. The van der Waals surface area contributed by atoms with E-state index in [-0.39, 0.29) is 11.2 Å². The summed E-state index contributed by atoms with van der Waals surface area (Å²) in [7, 11) is 0. The van der Waals surface area contributed by atoms with Crippen LogP contribution in [-0.2, 0) is 4.79 Å². The van der Waals surface area contributed by atoms with Crippen LogP contribution >= 0.6 is 11.8 Å². The first kappa shape index (κ1) is 13.2. The number of amides is 1. The molecule has 6 heteroatoms. The third kappa shape index (κ3) is 3.36. The van der Waals surface area contributed by atoms with Gasteiger partial charge in [0, 0.05) is 12.4 Å². The summed E-state index contributed by atoms with van der Waals surface area (Å²) >= 11 is 1.33. The number of anilines is 1. The summed E-state index contributed by atoms with van der Waals surface area (Å²) in [5, 5.41) is 12.1. The first-order valence-corrected chi connectivity index (χ1v) is 6.54. The van der Waals surface area contributed by atoms with Gasteiger partial charge in [0.1, 0.15) is 6.07 Å². The molecule has 2 aromatic rings. The fourth-order valence-electron chi connectivity index (χ4n) is 1.46. The van der Waals surface area contributed by atoms with Crippen molar-refractivity contribution in [1.82, 2.24) is 9.97 Å². The number of H-pyrrole nitrogens is 1. The van der Waals surface area contributed by atoms with Crippen molar-refractivity contribution in [1.29, 1.82) is 5.26 Å². The Morgan fingerprint density at radius 2 is 2.32 bits per heavy atom. The van der Waals surface area contributed by atoms with Crippen LogP contribution in [0.15, 0.2) is 41.8 Å². The lowest BCUT2D eigenvalue weighted by molar-refractivity contribution is -0.115. The van der Waals surface area contributed by atoms with E-state index in [9.17, 15) is 4.79 Å². The van der Waals surface area contributed by atoms with Gasteiger partial charge >= 0.3 is 0 Å². The van der Waals surface area contributed by atoms with E-state index in [0.717, 1.165) is 0 Å². The maximum atomic E-state index is 12.0. The largest absolute Gasteiger partial charge is 0.340 e. The molecule has 0 bridgehead atoms. The van der Waals surface area contributed by atoms with E-state index in [1.165, 1.54) is 11.8 Å². The molecule has 1 atom stereocenters. The summed E-state index contributed by atoms with van der Waals surface area (Å²) in [4.78, 5) is 19.0. The third-order valence-electron chi connectivity index (χ3n) is 2.44. The van der Waals surface area contributed by atoms with Gasteiger partial charge in [0.05, 0.1) is 16.5 Å². The second kappa shape index (κ2) is 6.07. The van der Waals surface area contributed by atoms with Crippen molar-refractivity contribution in [3.63, 3.8) is 0 Å². The number of benzene rings is 1. The predicted molar refractivity (Wildman–Crippen MR) is 73.7 cm³/mol. The molecule has 19 heavy (non-hydrogen) atoms.